The fraction of sp³-hybridized carbons (Fsp3) is 0.222. The molecule has 0 unspecified atom stereocenters. The summed E-state index contributed by atoms with van der Waals surface area (Å²) in [5.74, 6) is -0.595. The summed E-state index contributed by atoms with van der Waals surface area (Å²) in [5, 5.41) is 7.38. The monoisotopic (exact) mass is 245 g/mol. The van der Waals surface area contributed by atoms with E-state index in [9.17, 15) is 4.39 Å². The van der Waals surface area contributed by atoms with E-state index in [-0.39, 0.29) is 11.5 Å². The van der Waals surface area contributed by atoms with Gasteiger partial charge in [-0.15, -0.1) is 0 Å². The highest BCUT2D eigenvalue weighted by Gasteiger charge is 2.10. The SMILES string of the molecule is CCOC(=N)c1cccc(Br)c1F. The molecule has 0 fully saturated rings. The summed E-state index contributed by atoms with van der Waals surface area (Å²) >= 11 is 3.04. The van der Waals surface area contributed by atoms with Crippen molar-refractivity contribution in [1.82, 2.24) is 0 Å². The second-order valence-corrected chi connectivity index (χ2v) is 3.22. The zero-order valence-electron chi connectivity index (χ0n) is 7.10. The maximum Gasteiger partial charge on any atom is 0.216 e. The Hall–Kier alpha value is -0.900. The molecule has 0 atom stereocenters. The van der Waals surface area contributed by atoms with Crippen molar-refractivity contribution in [2.24, 2.45) is 0 Å². The number of hydrogen-bond acceptors (Lipinski definition) is 2. The van der Waals surface area contributed by atoms with Crippen molar-refractivity contribution >= 4 is 21.8 Å². The largest absolute Gasteiger partial charge is 0.478 e. The smallest absolute Gasteiger partial charge is 0.216 e. The summed E-state index contributed by atoms with van der Waals surface area (Å²) in [6.07, 6.45) is 0. The molecule has 0 saturated heterocycles. The van der Waals surface area contributed by atoms with Crippen molar-refractivity contribution in [2.75, 3.05) is 6.61 Å². The van der Waals surface area contributed by atoms with E-state index in [0.29, 0.717) is 11.1 Å². The van der Waals surface area contributed by atoms with Crippen LogP contribution < -0.4 is 0 Å². The quantitative estimate of drug-likeness (QED) is 0.631. The van der Waals surface area contributed by atoms with Crippen molar-refractivity contribution < 1.29 is 9.13 Å². The molecule has 1 N–H and O–H groups in total. The lowest BCUT2D eigenvalue weighted by Gasteiger charge is -2.06. The Balaban J connectivity index is 3.01. The molecule has 0 aromatic heterocycles. The molecule has 4 heteroatoms. The molecule has 0 aliphatic carbocycles. The van der Waals surface area contributed by atoms with E-state index in [0.717, 1.165) is 0 Å². The van der Waals surface area contributed by atoms with Crippen LogP contribution in [0, 0.1) is 11.2 Å². The van der Waals surface area contributed by atoms with Crippen LogP contribution in [0.2, 0.25) is 0 Å². The van der Waals surface area contributed by atoms with Crippen molar-refractivity contribution in [1.29, 1.82) is 5.41 Å². The minimum atomic E-state index is -0.457. The molecule has 70 valence electrons. The topological polar surface area (TPSA) is 33.1 Å². The first kappa shape index (κ1) is 10.2. The molecule has 1 rings (SSSR count). The van der Waals surface area contributed by atoms with E-state index in [1.165, 1.54) is 6.07 Å². The second-order valence-electron chi connectivity index (χ2n) is 2.36. The summed E-state index contributed by atoms with van der Waals surface area (Å²) in [7, 11) is 0. The standard InChI is InChI=1S/C9H9BrFNO/c1-2-13-9(12)6-4-3-5-7(10)8(6)11/h3-5,12H,2H2,1H3. The molecule has 0 spiro atoms. The van der Waals surface area contributed by atoms with Crippen LogP contribution in [0.5, 0.6) is 0 Å². The van der Waals surface area contributed by atoms with Crippen LogP contribution in [-0.2, 0) is 4.74 Å². The minimum Gasteiger partial charge on any atom is -0.478 e. The predicted molar refractivity (Wildman–Crippen MR) is 52.6 cm³/mol. The molecule has 0 amide bonds. The maximum absolute atomic E-state index is 13.3. The molecular weight excluding hydrogens is 237 g/mol. The molecular formula is C9H9BrFNO. The first-order valence-corrected chi connectivity index (χ1v) is 4.61. The van der Waals surface area contributed by atoms with Crippen LogP contribution in [0.25, 0.3) is 0 Å². The number of hydrogen-bond donors (Lipinski definition) is 1. The Bertz CT molecular complexity index is 327. The van der Waals surface area contributed by atoms with Gasteiger partial charge in [-0.1, -0.05) is 6.07 Å². The van der Waals surface area contributed by atoms with Crippen molar-refractivity contribution in [2.45, 2.75) is 6.92 Å². The fourth-order valence-corrected chi connectivity index (χ4v) is 1.27. The van der Waals surface area contributed by atoms with E-state index in [1.54, 1.807) is 19.1 Å². The zero-order valence-corrected chi connectivity index (χ0v) is 8.69. The molecule has 0 heterocycles. The highest BCUT2D eigenvalue weighted by atomic mass is 79.9. The zero-order chi connectivity index (χ0) is 9.84. The molecule has 0 aliphatic rings. The van der Waals surface area contributed by atoms with Gasteiger partial charge in [0.15, 0.2) is 0 Å². The van der Waals surface area contributed by atoms with E-state index in [2.05, 4.69) is 15.9 Å². The first-order chi connectivity index (χ1) is 6.16. The Kier molecular flexibility index (Phi) is 3.42. The molecule has 2 nitrogen and oxygen atoms in total. The van der Waals surface area contributed by atoms with Crippen LogP contribution in [0.1, 0.15) is 12.5 Å². The number of benzene rings is 1. The third-order valence-electron chi connectivity index (χ3n) is 1.48. The van der Waals surface area contributed by atoms with Crippen LogP contribution >= 0.6 is 15.9 Å². The van der Waals surface area contributed by atoms with Crippen molar-refractivity contribution in [3.8, 4) is 0 Å². The lowest BCUT2D eigenvalue weighted by atomic mass is 10.2. The van der Waals surface area contributed by atoms with Crippen molar-refractivity contribution in [3.63, 3.8) is 0 Å². The number of halogens is 2. The highest BCUT2D eigenvalue weighted by Crippen LogP contribution is 2.18. The Morgan fingerprint density at radius 2 is 2.31 bits per heavy atom. The Morgan fingerprint density at radius 3 is 2.92 bits per heavy atom. The van der Waals surface area contributed by atoms with Gasteiger partial charge < -0.3 is 4.74 Å². The van der Waals surface area contributed by atoms with Gasteiger partial charge in [-0.05, 0) is 35.0 Å². The lowest BCUT2D eigenvalue weighted by molar-refractivity contribution is 0.324. The predicted octanol–water partition coefficient (Wildman–Crippen LogP) is 2.95. The Morgan fingerprint density at radius 1 is 1.62 bits per heavy atom. The normalized spacial score (nSPS) is 9.77. The van der Waals surface area contributed by atoms with Gasteiger partial charge >= 0.3 is 0 Å². The molecule has 1 aromatic carbocycles. The molecule has 0 saturated carbocycles. The molecule has 1 aromatic rings. The fourth-order valence-electron chi connectivity index (χ4n) is 0.901. The van der Waals surface area contributed by atoms with Crippen LogP contribution in [0.15, 0.2) is 22.7 Å². The lowest BCUT2D eigenvalue weighted by Crippen LogP contribution is -2.07. The number of nitrogens with one attached hydrogen (secondary N) is 1. The van der Waals surface area contributed by atoms with Gasteiger partial charge in [-0.25, -0.2) is 4.39 Å². The maximum atomic E-state index is 13.3. The van der Waals surface area contributed by atoms with E-state index >= 15 is 0 Å². The summed E-state index contributed by atoms with van der Waals surface area (Å²) in [6, 6.07) is 4.76. The first-order valence-electron chi connectivity index (χ1n) is 3.82. The van der Waals surface area contributed by atoms with Crippen molar-refractivity contribution in [3.05, 3.63) is 34.1 Å². The Labute approximate surface area is 84.4 Å². The molecule has 13 heavy (non-hydrogen) atoms. The van der Waals surface area contributed by atoms with Gasteiger partial charge in [0.1, 0.15) is 5.82 Å². The second kappa shape index (κ2) is 4.37. The average Bonchev–Trinajstić information content (AvgIpc) is 2.10. The van der Waals surface area contributed by atoms with Gasteiger partial charge in [-0.3, -0.25) is 5.41 Å². The molecule has 0 radical (unpaired) electrons. The summed E-state index contributed by atoms with van der Waals surface area (Å²) in [5.41, 5.74) is 0.177. The number of ether oxygens (including phenoxy) is 1. The van der Waals surface area contributed by atoms with Crippen LogP contribution in [0.3, 0.4) is 0 Å². The molecule has 0 bridgehead atoms. The molecule has 0 aliphatic heterocycles. The van der Waals surface area contributed by atoms with Crippen LogP contribution in [-0.4, -0.2) is 12.5 Å². The minimum absolute atomic E-state index is 0.138. The van der Waals surface area contributed by atoms with Gasteiger partial charge in [-0.2, -0.15) is 0 Å². The van der Waals surface area contributed by atoms with Gasteiger partial charge in [0.05, 0.1) is 16.6 Å². The number of rotatable bonds is 2. The van der Waals surface area contributed by atoms with E-state index in [4.69, 9.17) is 10.1 Å². The summed E-state index contributed by atoms with van der Waals surface area (Å²) in [4.78, 5) is 0. The third-order valence-corrected chi connectivity index (χ3v) is 2.10. The third kappa shape index (κ3) is 2.28. The van der Waals surface area contributed by atoms with Gasteiger partial charge in [0.2, 0.25) is 5.90 Å². The highest BCUT2D eigenvalue weighted by molar-refractivity contribution is 9.10. The average molecular weight is 246 g/mol. The van der Waals surface area contributed by atoms with Gasteiger partial charge in [0, 0.05) is 0 Å². The summed E-state index contributed by atoms with van der Waals surface area (Å²) in [6.45, 7) is 2.12. The van der Waals surface area contributed by atoms with E-state index < -0.39 is 5.82 Å². The summed E-state index contributed by atoms with van der Waals surface area (Å²) < 4.78 is 18.5. The van der Waals surface area contributed by atoms with E-state index in [1.807, 2.05) is 0 Å². The van der Waals surface area contributed by atoms with Crippen LogP contribution in [0.4, 0.5) is 4.39 Å². The van der Waals surface area contributed by atoms with Gasteiger partial charge in [0.25, 0.3) is 0 Å².